The van der Waals surface area contributed by atoms with Gasteiger partial charge in [0, 0.05) is 19.3 Å². The fourth-order valence-corrected chi connectivity index (χ4v) is 4.42. The molecule has 2 aliphatic rings. The molecule has 1 aliphatic carbocycles. The molecule has 2 heterocycles. The Morgan fingerprint density at radius 1 is 1.17 bits per heavy atom. The van der Waals surface area contributed by atoms with E-state index in [9.17, 15) is 9.59 Å². The molecule has 1 N–H and O–H groups in total. The van der Waals surface area contributed by atoms with Crippen molar-refractivity contribution in [2.24, 2.45) is 5.92 Å². The van der Waals surface area contributed by atoms with E-state index in [1.54, 1.807) is 19.4 Å². The number of rotatable bonds is 8. The lowest BCUT2D eigenvalue weighted by molar-refractivity contribution is -0.119. The zero-order valence-corrected chi connectivity index (χ0v) is 18.0. The molecule has 1 saturated heterocycles. The first kappa shape index (κ1) is 20.7. The van der Waals surface area contributed by atoms with E-state index in [1.165, 1.54) is 11.8 Å². The van der Waals surface area contributed by atoms with Gasteiger partial charge in [-0.25, -0.2) is 4.98 Å². The quantitative estimate of drug-likeness (QED) is 0.653. The zero-order valence-electron chi connectivity index (χ0n) is 17.2. The highest BCUT2D eigenvalue weighted by Gasteiger charge is 2.33. The second-order valence-corrected chi connectivity index (χ2v) is 8.82. The Kier molecular flexibility index (Phi) is 6.57. The number of aromatic nitrogens is 1. The number of pyridine rings is 1. The monoisotopic (exact) mass is 425 g/mol. The minimum Gasteiger partial charge on any atom is -0.497 e. The van der Waals surface area contributed by atoms with Crippen LogP contribution in [0.3, 0.4) is 0 Å². The fraction of sp³-hybridized carbons (Fsp3) is 0.435. The molecule has 1 aromatic heterocycles. The first-order valence-electron chi connectivity index (χ1n) is 10.5. The van der Waals surface area contributed by atoms with Crippen LogP contribution in [-0.4, -0.2) is 47.7 Å². The molecule has 1 unspecified atom stereocenters. The third-order valence-corrected chi connectivity index (χ3v) is 6.56. The largest absolute Gasteiger partial charge is 0.497 e. The van der Waals surface area contributed by atoms with Crippen molar-refractivity contribution in [2.75, 3.05) is 26.0 Å². The molecule has 7 heteroatoms. The molecule has 6 nitrogen and oxygen atoms in total. The summed E-state index contributed by atoms with van der Waals surface area (Å²) < 4.78 is 5.22. The Bertz CT molecular complexity index is 876. The maximum atomic E-state index is 12.6. The summed E-state index contributed by atoms with van der Waals surface area (Å²) >= 11 is 1.39. The molecule has 2 aromatic rings. The molecule has 1 aliphatic heterocycles. The lowest BCUT2D eigenvalue weighted by atomic mass is 10.0. The van der Waals surface area contributed by atoms with Crippen LogP contribution in [0.25, 0.3) is 0 Å². The van der Waals surface area contributed by atoms with E-state index in [4.69, 9.17) is 4.74 Å². The van der Waals surface area contributed by atoms with Crippen LogP contribution >= 0.6 is 11.8 Å². The highest BCUT2D eigenvalue weighted by Crippen LogP contribution is 2.41. The Balaban J connectivity index is 1.30. The van der Waals surface area contributed by atoms with E-state index in [2.05, 4.69) is 10.3 Å². The molecule has 2 fully saturated rings. The van der Waals surface area contributed by atoms with Gasteiger partial charge in [0.1, 0.15) is 5.75 Å². The number of amides is 2. The van der Waals surface area contributed by atoms with E-state index in [-0.39, 0.29) is 17.9 Å². The number of likely N-dealkylation sites (tertiary alicyclic amines) is 1. The average molecular weight is 426 g/mol. The van der Waals surface area contributed by atoms with Crippen LogP contribution in [0.2, 0.25) is 0 Å². The van der Waals surface area contributed by atoms with Crippen LogP contribution in [0.5, 0.6) is 5.75 Å². The molecular formula is C23H27N3O3S. The summed E-state index contributed by atoms with van der Waals surface area (Å²) in [6.45, 7) is 1.65. The number of thioether (sulfide) groups is 1. The summed E-state index contributed by atoms with van der Waals surface area (Å²) in [4.78, 5) is 31.2. The van der Waals surface area contributed by atoms with Gasteiger partial charge in [-0.05, 0) is 61.4 Å². The standard InChI is InChI=1S/C23H27N3O3S/c1-29-19-9-6-17(7-10-19)22(16-4-5-16)25-20(27)15-30-21-11-8-18(14-24-21)23(28)26-12-2-3-13-26/h6-11,14,16,22H,2-5,12-13,15H2,1H3,(H,25,27). The van der Waals surface area contributed by atoms with Gasteiger partial charge >= 0.3 is 0 Å². The lowest BCUT2D eigenvalue weighted by Gasteiger charge is -2.19. The van der Waals surface area contributed by atoms with Gasteiger partial charge in [0.15, 0.2) is 0 Å². The Morgan fingerprint density at radius 2 is 1.90 bits per heavy atom. The first-order chi connectivity index (χ1) is 14.6. The zero-order chi connectivity index (χ0) is 20.9. The molecule has 2 amide bonds. The number of carbonyl (C=O) groups is 2. The SMILES string of the molecule is COc1ccc(C(NC(=O)CSc2ccc(C(=O)N3CCCC3)cn2)C2CC2)cc1. The molecule has 1 atom stereocenters. The summed E-state index contributed by atoms with van der Waals surface area (Å²) in [7, 11) is 1.65. The molecule has 4 rings (SSSR count). The molecule has 0 radical (unpaired) electrons. The van der Waals surface area contributed by atoms with Crippen molar-refractivity contribution in [3.8, 4) is 5.75 Å². The smallest absolute Gasteiger partial charge is 0.255 e. The lowest BCUT2D eigenvalue weighted by Crippen LogP contribution is -2.31. The van der Waals surface area contributed by atoms with Crippen molar-refractivity contribution >= 4 is 23.6 Å². The van der Waals surface area contributed by atoms with Crippen molar-refractivity contribution in [1.29, 1.82) is 0 Å². The number of methoxy groups -OCH3 is 1. The highest BCUT2D eigenvalue weighted by atomic mass is 32.2. The van der Waals surface area contributed by atoms with E-state index in [1.807, 2.05) is 35.2 Å². The van der Waals surface area contributed by atoms with E-state index < -0.39 is 0 Å². The summed E-state index contributed by atoms with van der Waals surface area (Å²) in [6.07, 6.45) is 6.03. The number of carbonyl (C=O) groups excluding carboxylic acids is 2. The maximum absolute atomic E-state index is 12.6. The summed E-state index contributed by atoms with van der Waals surface area (Å²) in [5.41, 5.74) is 1.72. The highest BCUT2D eigenvalue weighted by molar-refractivity contribution is 7.99. The number of ether oxygens (including phenoxy) is 1. The van der Waals surface area contributed by atoms with Crippen molar-refractivity contribution in [1.82, 2.24) is 15.2 Å². The van der Waals surface area contributed by atoms with Gasteiger partial charge in [-0.3, -0.25) is 9.59 Å². The van der Waals surface area contributed by atoms with Crippen LogP contribution in [0.15, 0.2) is 47.6 Å². The van der Waals surface area contributed by atoms with Gasteiger partial charge in [0.2, 0.25) is 5.91 Å². The summed E-state index contributed by atoms with van der Waals surface area (Å²) in [5.74, 6) is 1.65. The summed E-state index contributed by atoms with van der Waals surface area (Å²) in [5, 5.41) is 3.93. The van der Waals surface area contributed by atoms with Crippen molar-refractivity contribution in [2.45, 2.75) is 36.8 Å². The minimum atomic E-state index is -0.00765. The van der Waals surface area contributed by atoms with Crippen molar-refractivity contribution in [3.05, 3.63) is 53.7 Å². The molecule has 158 valence electrons. The van der Waals surface area contributed by atoms with Gasteiger partial charge in [-0.15, -0.1) is 0 Å². The van der Waals surface area contributed by atoms with Crippen LogP contribution in [0, 0.1) is 5.92 Å². The number of benzene rings is 1. The Morgan fingerprint density at radius 3 is 2.50 bits per heavy atom. The first-order valence-corrected chi connectivity index (χ1v) is 11.4. The van der Waals surface area contributed by atoms with Crippen molar-refractivity contribution < 1.29 is 14.3 Å². The summed E-state index contributed by atoms with van der Waals surface area (Å²) in [6, 6.07) is 11.6. The number of hydrogen-bond donors (Lipinski definition) is 1. The normalized spacial score (nSPS) is 16.9. The molecular weight excluding hydrogens is 398 g/mol. The second-order valence-electron chi connectivity index (χ2n) is 7.83. The molecule has 0 spiro atoms. The van der Waals surface area contributed by atoms with E-state index in [0.717, 1.165) is 55.1 Å². The second kappa shape index (κ2) is 9.51. The Hall–Kier alpha value is -2.54. The third kappa shape index (κ3) is 5.14. The van der Waals surface area contributed by atoms with Gasteiger partial charge in [0.05, 0.1) is 29.5 Å². The van der Waals surface area contributed by atoms with E-state index in [0.29, 0.717) is 17.2 Å². The fourth-order valence-electron chi connectivity index (χ4n) is 3.76. The predicted molar refractivity (Wildman–Crippen MR) is 117 cm³/mol. The van der Waals surface area contributed by atoms with Gasteiger partial charge in [0.25, 0.3) is 5.91 Å². The van der Waals surface area contributed by atoms with Crippen LogP contribution in [0.4, 0.5) is 0 Å². The molecule has 30 heavy (non-hydrogen) atoms. The van der Waals surface area contributed by atoms with Gasteiger partial charge in [-0.2, -0.15) is 0 Å². The van der Waals surface area contributed by atoms with Gasteiger partial charge in [-0.1, -0.05) is 23.9 Å². The van der Waals surface area contributed by atoms with Crippen molar-refractivity contribution in [3.63, 3.8) is 0 Å². The molecule has 1 saturated carbocycles. The number of nitrogens with zero attached hydrogens (tertiary/aromatic N) is 2. The average Bonchev–Trinajstić information content (AvgIpc) is 3.48. The van der Waals surface area contributed by atoms with Gasteiger partial charge < -0.3 is 15.0 Å². The van der Waals surface area contributed by atoms with Crippen LogP contribution in [0.1, 0.15) is 47.6 Å². The van der Waals surface area contributed by atoms with Crippen LogP contribution < -0.4 is 10.1 Å². The minimum absolute atomic E-state index is 0.00765. The maximum Gasteiger partial charge on any atom is 0.255 e. The topological polar surface area (TPSA) is 71.5 Å². The molecule has 1 aromatic carbocycles. The number of hydrogen-bond acceptors (Lipinski definition) is 5. The Labute approximate surface area is 181 Å². The van der Waals surface area contributed by atoms with E-state index >= 15 is 0 Å². The predicted octanol–water partition coefficient (Wildman–Crippen LogP) is 3.69. The third-order valence-electron chi connectivity index (χ3n) is 5.61. The van der Waals surface area contributed by atoms with Crippen LogP contribution in [-0.2, 0) is 4.79 Å². The number of nitrogens with one attached hydrogen (secondary N) is 1. The molecule has 0 bridgehead atoms.